The molecule has 0 spiro atoms. The normalized spacial score (nSPS) is 16.9. The van der Waals surface area contributed by atoms with Gasteiger partial charge >= 0.3 is 12.3 Å². The molecule has 1 aliphatic rings. The van der Waals surface area contributed by atoms with Crippen molar-refractivity contribution >= 4 is 27.8 Å². The maximum atomic E-state index is 13.2. The van der Waals surface area contributed by atoms with E-state index in [1.54, 1.807) is 0 Å². The summed E-state index contributed by atoms with van der Waals surface area (Å²) in [4.78, 5) is 15.7. The van der Waals surface area contributed by atoms with Crippen LogP contribution in [0.3, 0.4) is 0 Å². The van der Waals surface area contributed by atoms with Gasteiger partial charge in [0.1, 0.15) is 11.6 Å². The Bertz CT molecular complexity index is 730. The number of pyridine rings is 1. The molecule has 0 aromatic carbocycles. The first-order chi connectivity index (χ1) is 11.0. The molecule has 12 heteroatoms. The first kappa shape index (κ1) is 18.3. The van der Waals surface area contributed by atoms with E-state index in [0.29, 0.717) is 0 Å². The summed E-state index contributed by atoms with van der Waals surface area (Å²) in [5.41, 5.74) is -1.01. The number of hydrogen-bond acceptors (Lipinski definition) is 5. The van der Waals surface area contributed by atoms with E-state index >= 15 is 0 Å². The van der Waals surface area contributed by atoms with E-state index in [4.69, 9.17) is 5.11 Å². The van der Waals surface area contributed by atoms with Crippen LogP contribution in [0, 0.1) is 0 Å². The van der Waals surface area contributed by atoms with Crippen LogP contribution < -0.4 is 10.2 Å². The van der Waals surface area contributed by atoms with Gasteiger partial charge in [0.05, 0.1) is 11.8 Å². The SMILES string of the molecule is CS(=O)(=O)N1CCN(c2nc(NC(=O)O)ccc2C(F)(F)F)CC1. The lowest BCUT2D eigenvalue weighted by atomic mass is 10.2. The first-order valence-electron chi connectivity index (χ1n) is 6.77. The summed E-state index contributed by atoms with van der Waals surface area (Å²) < 4.78 is 63.6. The fraction of sp³-hybridized carbons (Fsp3) is 0.500. The van der Waals surface area contributed by atoms with Gasteiger partial charge in [-0.3, -0.25) is 5.32 Å². The molecule has 2 N–H and O–H groups in total. The van der Waals surface area contributed by atoms with Gasteiger partial charge in [-0.2, -0.15) is 17.5 Å². The van der Waals surface area contributed by atoms with E-state index in [1.165, 1.54) is 4.90 Å². The van der Waals surface area contributed by atoms with Crippen LogP contribution in [0.5, 0.6) is 0 Å². The van der Waals surface area contributed by atoms with Crippen molar-refractivity contribution in [1.29, 1.82) is 0 Å². The molecule has 1 saturated heterocycles. The summed E-state index contributed by atoms with van der Waals surface area (Å²) in [5, 5.41) is 10.6. The van der Waals surface area contributed by atoms with E-state index < -0.39 is 33.7 Å². The van der Waals surface area contributed by atoms with Crippen LogP contribution in [0.15, 0.2) is 12.1 Å². The van der Waals surface area contributed by atoms with E-state index in [1.807, 2.05) is 5.32 Å². The number of aromatic nitrogens is 1. The number of piperazine rings is 1. The van der Waals surface area contributed by atoms with Gasteiger partial charge in [-0.25, -0.2) is 18.2 Å². The number of amides is 1. The Labute approximate surface area is 135 Å². The number of hydrogen-bond donors (Lipinski definition) is 2. The molecule has 0 atom stereocenters. The minimum absolute atomic E-state index is 0.0136. The fourth-order valence-corrected chi connectivity index (χ4v) is 3.15. The predicted octanol–water partition coefficient (Wildman–Crippen LogP) is 1.27. The van der Waals surface area contributed by atoms with Gasteiger partial charge in [-0.15, -0.1) is 0 Å². The minimum Gasteiger partial charge on any atom is -0.465 e. The number of anilines is 2. The highest BCUT2D eigenvalue weighted by Crippen LogP contribution is 2.36. The van der Waals surface area contributed by atoms with Crippen LogP contribution >= 0.6 is 0 Å². The first-order valence-corrected chi connectivity index (χ1v) is 8.61. The Hall–Kier alpha value is -2.08. The van der Waals surface area contributed by atoms with Crippen LogP contribution in [0.1, 0.15) is 5.56 Å². The molecule has 0 saturated carbocycles. The van der Waals surface area contributed by atoms with Crippen molar-refractivity contribution < 1.29 is 31.5 Å². The maximum absolute atomic E-state index is 13.2. The second-order valence-corrected chi connectivity index (χ2v) is 7.13. The lowest BCUT2D eigenvalue weighted by Crippen LogP contribution is -2.49. The lowest BCUT2D eigenvalue weighted by Gasteiger charge is -2.35. The number of carbonyl (C=O) groups is 1. The average molecular weight is 368 g/mol. The number of rotatable bonds is 3. The molecule has 1 amide bonds. The molecule has 0 bridgehead atoms. The van der Waals surface area contributed by atoms with Gasteiger partial charge in [0.25, 0.3) is 0 Å². The molecule has 2 heterocycles. The molecule has 1 aromatic rings. The third-order valence-corrected chi connectivity index (χ3v) is 4.73. The van der Waals surface area contributed by atoms with Gasteiger partial charge in [0.15, 0.2) is 0 Å². The van der Waals surface area contributed by atoms with Crippen molar-refractivity contribution in [3.63, 3.8) is 0 Å². The van der Waals surface area contributed by atoms with Gasteiger partial charge in [-0.05, 0) is 12.1 Å². The molecule has 0 aliphatic carbocycles. The third-order valence-electron chi connectivity index (χ3n) is 3.42. The molecule has 24 heavy (non-hydrogen) atoms. The Morgan fingerprint density at radius 2 is 1.83 bits per heavy atom. The summed E-state index contributed by atoms with van der Waals surface area (Å²) in [6.45, 7) is 0.0716. The van der Waals surface area contributed by atoms with Gasteiger partial charge < -0.3 is 10.0 Å². The number of nitrogens with zero attached hydrogens (tertiary/aromatic N) is 3. The van der Waals surface area contributed by atoms with Crippen molar-refractivity contribution in [2.24, 2.45) is 0 Å². The summed E-state index contributed by atoms with van der Waals surface area (Å²) in [5.74, 6) is -0.669. The summed E-state index contributed by atoms with van der Waals surface area (Å²) >= 11 is 0. The Morgan fingerprint density at radius 1 is 1.25 bits per heavy atom. The topological polar surface area (TPSA) is 103 Å². The molecule has 8 nitrogen and oxygen atoms in total. The van der Waals surface area contributed by atoms with Gasteiger partial charge in [0, 0.05) is 26.2 Å². The zero-order valence-corrected chi connectivity index (χ0v) is 13.4. The molecule has 1 aliphatic heterocycles. The zero-order valence-electron chi connectivity index (χ0n) is 12.5. The lowest BCUT2D eigenvalue weighted by molar-refractivity contribution is -0.137. The number of carboxylic acid groups (broad SMARTS) is 1. The zero-order chi connectivity index (χ0) is 18.1. The standard InChI is InChI=1S/C12H15F3N4O4S/c1-24(22,23)19-6-4-18(5-7-19)10-8(12(13,14)15)2-3-9(16-10)17-11(20)21/h2-3H,4-7H2,1H3,(H,16,17)(H,20,21). The maximum Gasteiger partial charge on any atom is 0.419 e. The van der Waals surface area contributed by atoms with E-state index in [2.05, 4.69) is 4.98 Å². The van der Waals surface area contributed by atoms with Gasteiger partial charge in [0.2, 0.25) is 10.0 Å². The highest BCUT2D eigenvalue weighted by Gasteiger charge is 2.37. The Balaban J connectivity index is 2.32. The largest absolute Gasteiger partial charge is 0.465 e. The van der Waals surface area contributed by atoms with Crippen LogP contribution in [0.2, 0.25) is 0 Å². The molecule has 0 radical (unpaired) electrons. The van der Waals surface area contributed by atoms with Crippen molar-refractivity contribution in [2.45, 2.75) is 6.18 Å². The van der Waals surface area contributed by atoms with E-state index in [9.17, 15) is 26.4 Å². The molecule has 1 fully saturated rings. The van der Waals surface area contributed by atoms with Crippen molar-refractivity contribution in [3.8, 4) is 0 Å². The van der Waals surface area contributed by atoms with Crippen molar-refractivity contribution in [3.05, 3.63) is 17.7 Å². The Kier molecular flexibility index (Phi) is 4.90. The quantitative estimate of drug-likeness (QED) is 0.833. The molecule has 2 rings (SSSR count). The van der Waals surface area contributed by atoms with Crippen LogP contribution in [-0.2, 0) is 16.2 Å². The number of alkyl halides is 3. The van der Waals surface area contributed by atoms with Gasteiger partial charge in [-0.1, -0.05) is 0 Å². The fourth-order valence-electron chi connectivity index (χ4n) is 2.32. The minimum atomic E-state index is -4.67. The number of sulfonamides is 1. The van der Waals surface area contributed by atoms with Crippen LogP contribution in [0.25, 0.3) is 0 Å². The molecular formula is C12H15F3N4O4S. The summed E-state index contributed by atoms with van der Waals surface area (Å²) in [7, 11) is -3.42. The van der Waals surface area contributed by atoms with Crippen LogP contribution in [-0.4, -0.2) is 61.3 Å². The van der Waals surface area contributed by atoms with E-state index in [0.717, 1.165) is 22.7 Å². The molecule has 1 aromatic heterocycles. The average Bonchev–Trinajstić information content (AvgIpc) is 2.44. The summed E-state index contributed by atoms with van der Waals surface area (Å²) in [6, 6.07) is 1.67. The highest BCUT2D eigenvalue weighted by molar-refractivity contribution is 7.88. The number of nitrogens with one attached hydrogen (secondary N) is 1. The van der Waals surface area contributed by atoms with E-state index in [-0.39, 0.29) is 32.0 Å². The summed E-state index contributed by atoms with van der Waals surface area (Å²) in [6.07, 6.45) is -5.09. The monoisotopic (exact) mass is 368 g/mol. The molecule has 134 valence electrons. The Morgan fingerprint density at radius 3 is 2.29 bits per heavy atom. The second-order valence-electron chi connectivity index (χ2n) is 5.14. The smallest absolute Gasteiger partial charge is 0.419 e. The van der Waals surface area contributed by atoms with Crippen molar-refractivity contribution in [1.82, 2.24) is 9.29 Å². The molecular weight excluding hydrogens is 353 g/mol. The predicted molar refractivity (Wildman–Crippen MR) is 79.5 cm³/mol. The highest BCUT2D eigenvalue weighted by atomic mass is 32.2. The number of halogens is 3. The van der Waals surface area contributed by atoms with Crippen LogP contribution in [0.4, 0.5) is 29.6 Å². The van der Waals surface area contributed by atoms with Crippen molar-refractivity contribution in [2.75, 3.05) is 42.7 Å². The third kappa shape index (κ3) is 4.26. The second kappa shape index (κ2) is 6.43. The molecule has 0 unspecified atom stereocenters.